The predicted octanol–water partition coefficient (Wildman–Crippen LogP) is 1.67. The molecule has 2 rings (SSSR count). The van der Waals surface area contributed by atoms with Gasteiger partial charge in [-0.25, -0.2) is 0 Å². The van der Waals surface area contributed by atoms with E-state index in [0.717, 1.165) is 5.69 Å². The zero-order valence-electron chi connectivity index (χ0n) is 9.49. The van der Waals surface area contributed by atoms with E-state index in [0.29, 0.717) is 13.2 Å². The molecule has 0 bridgehead atoms. The van der Waals surface area contributed by atoms with E-state index in [1.807, 2.05) is 12.1 Å². The lowest BCUT2D eigenvalue weighted by Gasteiger charge is -2.17. The topological polar surface area (TPSA) is 31.4 Å². The minimum absolute atomic E-state index is 0.249. The van der Waals surface area contributed by atoms with Gasteiger partial charge in [0.05, 0.1) is 18.9 Å². The van der Waals surface area contributed by atoms with Crippen LogP contribution in [0.1, 0.15) is 12.0 Å². The van der Waals surface area contributed by atoms with Crippen LogP contribution in [-0.4, -0.2) is 26.3 Å². The quantitative estimate of drug-likeness (QED) is 0.715. The Morgan fingerprint density at radius 1 is 1.20 bits per heavy atom. The molecule has 0 atom stereocenters. The van der Waals surface area contributed by atoms with E-state index in [4.69, 9.17) is 9.47 Å². The zero-order chi connectivity index (χ0) is 10.9. The van der Waals surface area contributed by atoms with Crippen LogP contribution in [0.2, 0.25) is 19.6 Å². The fourth-order valence-electron chi connectivity index (χ4n) is 1.53. The number of hydrogen-bond donors (Lipinski definition) is 0. The molecule has 1 aromatic rings. The van der Waals surface area contributed by atoms with Crippen LogP contribution in [0.3, 0.4) is 0 Å². The first-order chi connectivity index (χ1) is 7.07. The number of rotatable bonds is 2. The molecule has 0 saturated carbocycles. The van der Waals surface area contributed by atoms with Crippen LogP contribution in [0.5, 0.6) is 0 Å². The second-order valence-corrected chi connectivity index (χ2v) is 9.78. The largest absolute Gasteiger partial charge is 0.345 e. The molecule has 2 heterocycles. The molecule has 15 heavy (non-hydrogen) atoms. The van der Waals surface area contributed by atoms with Crippen LogP contribution in [0.15, 0.2) is 18.2 Å². The molecule has 1 saturated heterocycles. The SMILES string of the molecule is C[Si](C)(C)c1cccc(C2OCCO2)n1. The van der Waals surface area contributed by atoms with Crippen LogP contribution in [0, 0.1) is 0 Å². The third kappa shape index (κ3) is 2.45. The summed E-state index contributed by atoms with van der Waals surface area (Å²) in [6.07, 6.45) is -0.249. The van der Waals surface area contributed by atoms with Gasteiger partial charge in [-0.05, 0) is 12.1 Å². The van der Waals surface area contributed by atoms with Crippen LogP contribution in [-0.2, 0) is 9.47 Å². The molecule has 3 nitrogen and oxygen atoms in total. The number of nitrogens with zero attached hydrogens (tertiary/aromatic N) is 1. The van der Waals surface area contributed by atoms with E-state index in [1.54, 1.807) is 0 Å². The highest BCUT2D eigenvalue weighted by Crippen LogP contribution is 2.20. The van der Waals surface area contributed by atoms with Crippen molar-refractivity contribution in [1.82, 2.24) is 4.98 Å². The first kappa shape index (κ1) is 10.8. The maximum atomic E-state index is 5.44. The molecule has 0 aromatic carbocycles. The van der Waals surface area contributed by atoms with Crippen molar-refractivity contribution in [3.05, 3.63) is 23.9 Å². The zero-order valence-corrected chi connectivity index (χ0v) is 10.5. The van der Waals surface area contributed by atoms with Crippen molar-refractivity contribution in [3.63, 3.8) is 0 Å². The number of ether oxygens (including phenoxy) is 2. The van der Waals surface area contributed by atoms with Gasteiger partial charge >= 0.3 is 0 Å². The summed E-state index contributed by atoms with van der Waals surface area (Å²) < 4.78 is 10.9. The molecule has 0 aliphatic carbocycles. The first-order valence-corrected chi connectivity index (χ1v) is 8.78. The Bertz CT molecular complexity index is 343. The van der Waals surface area contributed by atoms with E-state index < -0.39 is 8.07 Å². The monoisotopic (exact) mass is 223 g/mol. The van der Waals surface area contributed by atoms with Gasteiger partial charge in [-0.2, -0.15) is 0 Å². The van der Waals surface area contributed by atoms with Gasteiger partial charge in [0, 0.05) is 5.32 Å². The molecule has 0 unspecified atom stereocenters. The Kier molecular flexibility index (Phi) is 2.91. The van der Waals surface area contributed by atoms with Gasteiger partial charge in [-0.1, -0.05) is 25.7 Å². The molecule has 0 N–H and O–H groups in total. The third-order valence-corrected chi connectivity index (χ3v) is 4.22. The highest BCUT2D eigenvalue weighted by molar-refractivity contribution is 6.88. The fourth-order valence-corrected chi connectivity index (χ4v) is 2.59. The Morgan fingerprint density at radius 2 is 1.87 bits per heavy atom. The minimum atomic E-state index is -1.34. The molecule has 1 aliphatic heterocycles. The average Bonchev–Trinajstić information content (AvgIpc) is 2.69. The Labute approximate surface area is 91.4 Å². The van der Waals surface area contributed by atoms with Crippen LogP contribution in [0.25, 0.3) is 0 Å². The van der Waals surface area contributed by atoms with Gasteiger partial charge in [-0.15, -0.1) is 0 Å². The molecule has 4 heteroatoms. The van der Waals surface area contributed by atoms with Crippen molar-refractivity contribution in [2.24, 2.45) is 0 Å². The van der Waals surface area contributed by atoms with Gasteiger partial charge in [0.15, 0.2) is 0 Å². The lowest BCUT2D eigenvalue weighted by molar-refractivity contribution is -0.0471. The molecule has 0 amide bonds. The lowest BCUT2D eigenvalue weighted by Crippen LogP contribution is -2.40. The minimum Gasteiger partial charge on any atom is -0.345 e. The molecule has 1 aromatic heterocycles. The summed E-state index contributed by atoms with van der Waals surface area (Å²) in [4.78, 5) is 4.64. The summed E-state index contributed by atoms with van der Waals surface area (Å²) in [5, 5.41) is 1.21. The Hall–Kier alpha value is -0.713. The van der Waals surface area contributed by atoms with Crippen molar-refractivity contribution in [2.45, 2.75) is 25.9 Å². The molecular weight excluding hydrogens is 206 g/mol. The summed E-state index contributed by atoms with van der Waals surface area (Å²) >= 11 is 0. The molecule has 82 valence electrons. The van der Waals surface area contributed by atoms with E-state index >= 15 is 0 Å². The van der Waals surface area contributed by atoms with E-state index in [2.05, 4.69) is 30.7 Å². The maximum Gasteiger partial charge on any atom is 0.201 e. The molecule has 1 fully saturated rings. The van der Waals surface area contributed by atoms with Crippen molar-refractivity contribution in [1.29, 1.82) is 0 Å². The number of aromatic nitrogens is 1. The van der Waals surface area contributed by atoms with Gasteiger partial charge < -0.3 is 9.47 Å². The van der Waals surface area contributed by atoms with E-state index in [9.17, 15) is 0 Å². The van der Waals surface area contributed by atoms with Gasteiger partial charge in [0.2, 0.25) is 6.29 Å². The van der Waals surface area contributed by atoms with Crippen molar-refractivity contribution >= 4 is 13.4 Å². The smallest absolute Gasteiger partial charge is 0.201 e. The maximum absolute atomic E-state index is 5.44. The molecule has 0 spiro atoms. The Morgan fingerprint density at radius 3 is 2.47 bits per heavy atom. The normalized spacial score (nSPS) is 18.3. The van der Waals surface area contributed by atoms with Crippen LogP contribution in [0.4, 0.5) is 0 Å². The van der Waals surface area contributed by atoms with Crippen molar-refractivity contribution in [2.75, 3.05) is 13.2 Å². The second-order valence-electron chi connectivity index (χ2n) is 4.77. The summed E-state index contributed by atoms with van der Waals surface area (Å²) in [6.45, 7) is 8.20. The summed E-state index contributed by atoms with van der Waals surface area (Å²) in [5.74, 6) is 0. The molecule has 0 radical (unpaired) electrons. The van der Waals surface area contributed by atoms with Gasteiger partial charge in [0.25, 0.3) is 0 Å². The van der Waals surface area contributed by atoms with E-state index in [1.165, 1.54) is 5.32 Å². The Balaban J connectivity index is 2.26. The van der Waals surface area contributed by atoms with Gasteiger partial charge in [-0.3, -0.25) is 4.98 Å². The molecule has 1 aliphatic rings. The standard InChI is InChI=1S/C11H17NO2Si/c1-15(2,3)10-6-4-5-9(12-10)11-13-7-8-14-11/h4-6,11H,7-8H2,1-3H3. The van der Waals surface area contributed by atoms with Crippen molar-refractivity contribution < 1.29 is 9.47 Å². The first-order valence-electron chi connectivity index (χ1n) is 5.28. The fraction of sp³-hybridized carbons (Fsp3) is 0.545. The number of pyridine rings is 1. The van der Waals surface area contributed by atoms with Crippen LogP contribution >= 0.6 is 0 Å². The summed E-state index contributed by atoms with van der Waals surface area (Å²) in [5.41, 5.74) is 0.910. The van der Waals surface area contributed by atoms with Gasteiger partial charge in [0.1, 0.15) is 8.07 Å². The molecular formula is C11H17NO2Si. The van der Waals surface area contributed by atoms with E-state index in [-0.39, 0.29) is 6.29 Å². The highest BCUT2D eigenvalue weighted by atomic mass is 28.3. The average molecular weight is 223 g/mol. The number of hydrogen-bond acceptors (Lipinski definition) is 3. The predicted molar refractivity (Wildman–Crippen MR) is 61.9 cm³/mol. The summed E-state index contributed by atoms with van der Waals surface area (Å²) in [7, 11) is -1.34. The summed E-state index contributed by atoms with van der Waals surface area (Å²) in [6, 6.07) is 6.12. The lowest BCUT2D eigenvalue weighted by atomic mass is 10.3. The second kappa shape index (κ2) is 4.04. The van der Waals surface area contributed by atoms with Crippen LogP contribution < -0.4 is 5.32 Å². The van der Waals surface area contributed by atoms with Crippen molar-refractivity contribution in [3.8, 4) is 0 Å². The highest BCUT2D eigenvalue weighted by Gasteiger charge is 2.23. The third-order valence-electron chi connectivity index (χ3n) is 2.40.